The molecule has 0 atom stereocenters. The van der Waals surface area contributed by atoms with Gasteiger partial charge in [0.15, 0.2) is 0 Å². The van der Waals surface area contributed by atoms with Gasteiger partial charge < -0.3 is 19.5 Å². The van der Waals surface area contributed by atoms with Crippen LogP contribution in [0.3, 0.4) is 0 Å². The number of carboxylic acid groups (broad SMARTS) is 1. The average Bonchev–Trinajstić information content (AvgIpc) is 2.82. The van der Waals surface area contributed by atoms with Crippen LogP contribution >= 0.6 is 27.5 Å². The molecule has 3 aliphatic rings. The van der Waals surface area contributed by atoms with Gasteiger partial charge in [0.2, 0.25) is 0 Å². The number of piperidine rings is 1. The van der Waals surface area contributed by atoms with E-state index in [0.717, 1.165) is 75.4 Å². The van der Waals surface area contributed by atoms with Crippen LogP contribution < -0.4 is 4.74 Å². The van der Waals surface area contributed by atoms with Crippen LogP contribution in [0.25, 0.3) is 0 Å². The number of rotatable bonds is 7. The van der Waals surface area contributed by atoms with Crippen molar-refractivity contribution < 1.29 is 19.4 Å². The molecule has 0 radical (unpaired) electrons. The number of aliphatic carboxylic acids is 1. The molecule has 0 aromatic heterocycles. The molecule has 1 aromatic rings. The largest absolute Gasteiger partial charge is 0.493 e. The number of morpholine rings is 1. The van der Waals surface area contributed by atoms with Gasteiger partial charge in [0, 0.05) is 53.8 Å². The second kappa shape index (κ2) is 12.2. The molecule has 0 aliphatic carbocycles. The number of hydrogen-bond donors (Lipinski definition) is 1. The van der Waals surface area contributed by atoms with E-state index < -0.39 is 5.97 Å². The third kappa shape index (κ3) is 7.21. The minimum absolute atomic E-state index is 0.0249. The van der Waals surface area contributed by atoms with Gasteiger partial charge in [-0.15, -0.1) is 5.73 Å². The quantitative estimate of drug-likeness (QED) is 0.486. The van der Waals surface area contributed by atoms with Gasteiger partial charge in [-0.2, -0.15) is 0 Å². The van der Waals surface area contributed by atoms with Crippen molar-refractivity contribution in [3.63, 3.8) is 0 Å². The van der Waals surface area contributed by atoms with Crippen molar-refractivity contribution in [3.8, 4) is 5.75 Å². The Balaban J connectivity index is 1.42. The molecule has 0 bridgehead atoms. The van der Waals surface area contributed by atoms with Crippen LogP contribution in [0.15, 0.2) is 51.8 Å². The van der Waals surface area contributed by atoms with Gasteiger partial charge in [-0.25, -0.2) is 4.99 Å². The Morgan fingerprint density at radius 2 is 2.00 bits per heavy atom. The Morgan fingerprint density at radius 1 is 1.23 bits per heavy atom. The maximum absolute atomic E-state index is 11.1. The summed E-state index contributed by atoms with van der Waals surface area (Å²) in [4.78, 5) is 20.8. The van der Waals surface area contributed by atoms with E-state index in [9.17, 15) is 4.79 Å². The number of carbonyl (C=O) groups is 1. The molecular formula is C26H31BrClN3O4. The SMILES string of the molecule is O=C(O)Cc1cc(Cl)cc(OCCC2(N3CCOCC3)CCN(C3=N/C=C(/Br)C=C=CC3)CC2)c1. The Kier molecular flexibility index (Phi) is 9.09. The summed E-state index contributed by atoms with van der Waals surface area (Å²) >= 11 is 9.69. The summed E-state index contributed by atoms with van der Waals surface area (Å²) in [5.41, 5.74) is 3.85. The van der Waals surface area contributed by atoms with Crippen LogP contribution in [-0.2, 0) is 16.0 Å². The number of allylic oxidation sites excluding steroid dienone is 1. The van der Waals surface area contributed by atoms with E-state index in [1.165, 1.54) is 0 Å². The van der Waals surface area contributed by atoms with Crippen molar-refractivity contribution in [1.29, 1.82) is 0 Å². The number of aliphatic imine (C=N–C) groups is 1. The lowest BCUT2D eigenvalue weighted by Gasteiger charge is -2.50. The summed E-state index contributed by atoms with van der Waals surface area (Å²) < 4.78 is 12.7. The van der Waals surface area contributed by atoms with E-state index >= 15 is 0 Å². The van der Waals surface area contributed by atoms with Crippen LogP contribution in [0.1, 0.15) is 31.2 Å². The minimum Gasteiger partial charge on any atom is -0.493 e. The minimum atomic E-state index is -0.889. The summed E-state index contributed by atoms with van der Waals surface area (Å²) in [6.45, 7) is 5.74. The zero-order valence-corrected chi connectivity index (χ0v) is 22.1. The summed E-state index contributed by atoms with van der Waals surface area (Å²) in [6.07, 6.45) is 9.34. The van der Waals surface area contributed by atoms with Crippen molar-refractivity contribution >= 4 is 39.3 Å². The highest BCUT2D eigenvalue weighted by Crippen LogP contribution is 2.34. The summed E-state index contributed by atoms with van der Waals surface area (Å²) in [6, 6.07) is 5.19. The molecule has 4 rings (SSSR count). The number of hydrogen-bond acceptors (Lipinski definition) is 6. The first-order chi connectivity index (χ1) is 16.9. The molecule has 35 heavy (non-hydrogen) atoms. The van der Waals surface area contributed by atoms with E-state index in [1.54, 1.807) is 18.2 Å². The molecule has 0 unspecified atom stereocenters. The molecule has 3 aliphatic heterocycles. The summed E-state index contributed by atoms with van der Waals surface area (Å²) in [5, 5.41) is 9.59. The van der Waals surface area contributed by atoms with Gasteiger partial charge in [-0.3, -0.25) is 9.69 Å². The second-order valence-electron chi connectivity index (χ2n) is 9.05. The smallest absolute Gasteiger partial charge is 0.307 e. The van der Waals surface area contributed by atoms with Gasteiger partial charge in [-0.05, 0) is 71.1 Å². The first-order valence-electron chi connectivity index (χ1n) is 12.0. The molecule has 9 heteroatoms. The van der Waals surface area contributed by atoms with E-state index in [4.69, 9.17) is 31.2 Å². The normalized spacial score (nSPS) is 22.1. The van der Waals surface area contributed by atoms with Gasteiger partial charge in [0.1, 0.15) is 11.6 Å². The van der Waals surface area contributed by atoms with Crippen molar-refractivity contribution in [2.45, 2.75) is 37.6 Å². The Labute approximate surface area is 219 Å². The summed E-state index contributed by atoms with van der Waals surface area (Å²) in [5.74, 6) is 0.795. The third-order valence-electron chi connectivity index (χ3n) is 6.82. The highest BCUT2D eigenvalue weighted by molar-refractivity contribution is 9.11. The van der Waals surface area contributed by atoms with Crippen LogP contribution in [-0.4, -0.2) is 78.2 Å². The molecule has 0 spiro atoms. The predicted molar refractivity (Wildman–Crippen MR) is 141 cm³/mol. The average molecular weight is 565 g/mol. The van der Waals surface area contributed by atoms with Crippen LogP contribution in [0.2, 0.25) is 5.02 Å². The van der Waals surface area contributed by atoms with Crippen molar-refractivity contribution in [1.82, 2.24) is 9.80 Å². The molecule has 0 saturated carbocycles. The standard InChI is InChI=1S/C26H31BrClN3O4/c27-21-3-1-2-4-24(29-19-21)30-8-5-26(6-9-30,31-10-13-34-14-11-31)7-12-35-23-16-20(17-25(32)33)15-22(28)18-23/h2-3,15-16,18-19H,4-14,17H2,(H,32,33)/b21-19+,29-24?. The van der Waals surface area contributed by atoms with Gasteiger partial charge in [0.05, 0.1) is 26.2 Å². The van der Waals surface area contributed by atoms with Crippen molar-refractivity contribution in [2.75, 3.05) is 46.0 Å². The Bertz CT molecular complexity index is 1040. The predicted octanol–water partition coefficient (Wildman–Crippen LogP) is 4.65. The topological polar surface area (TPSA) is 74.6 Å². The highest BCUT2D eigenvalue weighted by atomic mass is 79.9. The zero-order valence-electron chi connectivity index (χ0n) is 19.7. The maximum atomic E-state index is 11.1. The molecular weight excluding hydrogens is 534 g/mol. The van der Waals surface area contributed by atoms with E-state index in [0.29, 0.717) is 22.9 Å². The Hall–Kier alpha value is -2.09. The highest BCUT2D eigenvalue weighted by Gasteiger charge is 2.40. The van der Waals surface area contributed by atoms with Crippen molar-refractivity contribution in [2.24, 2.45) is 4.99 Å². The van der Waals surface area contributed by atoms with Gasteiger partial charge in [-0.1, -0.05) is 11.6 Å². The molecule has 1 aromatic carbocycles. The number of benzene rings is 1. The number of ether oxygens (including phenoxy) is 2. The van der Waals surface area contributed by atoms with Crippen LogP contribution in [0, 0.1) is 0 Å². The summed E-state index contributed by atoms with van der Waals surface area (Å²) in [7, 11) is 0. The van der Waals surface area contributed by atoms with Gasteiger partial charge >= 0.3 is 5.97 Å². The van der Waals surface area contributed by atoms with Crippen molar-refractivity contribution in [3.05, 3.63) is 57.4 Å². The van der Waals surface area contributed by atoms with E-state index in [2.05, 4.69) is 31.5 Å². The molecule has 7 nitrogen and oxygen atoms in total. The molecule has 0 amide bonds. The monoisotopic (exact) mass is 563 g/mol. The lowest BCUT2D eigenvalue weighted by molar-refractivity contribution is -0.136. The number of likely N-dealkylation sites (tertiary alicyclic amines) is 1. The van der Waals surface area contributed by atoms with E-state index in [-0.39, 0.29) is 12.0 Å². The first kappa shape index (κ1) is 26.0. The zero-order chi connectivity index (χ0) is 24.7. The molecule has 188 valence electrons. The van der Waals surface area contributed by atoms with Gasteiger partial charge in [0.25, 0.3) is 0 Å². The van der Waals surface area contributed by atoms with E-state index in [1.807, 2.05) is 18.4 Å². The molecule has 1 N–H and O–H groups in total. The third-order valence-corrected chi connectivity index (χ3v) is 7.48. The first-order valence-corrected chi connectivity index (χ1v) is 13.2. The Morgan fingerprint density at radius 3 is 2.74 bits per heavy atom. The second-order valence-corrected chi connectivity index (χ2v) is 10.4. The fourth-order valence-corrected chi connectivity index (χ4v) is 5.49. The number of nitrogens with zero attached hydrogens (tertiary/aromatic N) is 3. The fraction of sp³-hybridized carbons (Fsp3) is 0.500. The lowest BCUT2D eigenvalue weighted by Crippen LogP contribution is -2.59. The fourth-order valence-electron chi connectivity index (χ4n) is 5.01. The number of halogens is 2. The van der Waals surface area contributed by atoms with Crippen LogP contribution in [0.5, 0.6) is 5.75 Å². The maximum Gasteiger partial charge on any atom is 0.307 e. The molecule has 2 saturated heterocycles. The number of carboxylic acids is 1. The molecule has 2 fully saturated rings. The number of amidine groups is 1. The van der Waals surface area contributed by atoms with Crippen LogP contribution in [0.4, 0.5) is 0 Å². The lowest BCUT2D eigenvalue weighted by atomic mass is 9.82. The molecule has 3 heterocycles.